The summed E-state index contributed by atoms with van der Waals surface area (Å²) in [4.78, 5) is 12.4. The van der Waals surface area contributed by atoms with E-state index in [1.54, 1.807) is 19.4 Å². The average molecular weight is 287 g/mol. The van der Waals surface area contributed by atoms with Crippen LogP contribution in [-0.2, 0) is 6.54 Å². The molecule has 0 aliphatic carbocycles. The van der Waals surface area contributed by atoms with Crippen LogP contribution >= 0.6 is 0 Å². The van der Waals surface area contributed by atoms with E-state index in [0.717, 1.165) is 30.0 Å². The molecule has 0 radical (unpaired) electrons. The molecule has 0 bridgehead atoms. The highest BCUT2D eigenvalue weighted by molar-refractivity contribution is 6.04. The second kappa shape index (κ2) is 6.35. The predicted molar refractivity (Wildman–Crippen MR) is 84.8 cm³/mol. The quantitative estimate of drug-likeness (QED) is 0.888. The van der Waals surface area contributed by atoms with Crippen molar-refractivity contribution in [1.29, 1.82) is 0 Å². The first kappa shape index (κ1) is 15.0. The standard InChI is InChI=1S/C16H21N3O2/c1-4-7-19-10-12(17)9-15(19)16(20)18-14-6-5-13(21-3)8-11(14)2/h5-6,8-10H,4,7,17H2,1-3H3,(H,18,20). The van der Waals surface area contributed by atoms with Crippen molar-refractivity contribution >= 4 is 17.3 Å². The summed E-state index contributed by atoms with van der Waals surface area (Å²) in [5.41, 5.74) is 8.68. The molecule has 1 heterocycles. The third kappa shape index (κ3) is 3.37. The number of rotatable bonds is 5. The normalized spacial score (nSPS) is 10.4. The van der Waals surface area contributed by atoms with Crippen LogP contribution in [0.3, 0.4) is 0 Å². The molecular weight excluding hydrogens is 266 g/mol. The average Bonchev–Trinajstić information content (AvgIpc) is 2.82. The van der Waals surface area contributed by atoms with Gasteiger partial charge in [-0.15, -0.1) is 0 Å². The summed E-state index contributed by atoms with van der Waals surface area (Å²) < 4.78 is 7.04. The Balaban J connectivity index is 2.22. The Kier molecular flexibility index (Phi) is 4.52. The molecule has 2 aromatic rings. The highest BCUT2D eigenvalue weighted by atomic mass is 16.5. The summed E-state index contributed by atoms with van der Waals surface area (Å²) in [6.07, 6.45) is 2.73. The Bertz CT molecular complexity index is 647. The Morgan fingerprint density at radius 2 is 2.14 bits per heavy atom. The van der Waals surface area contributed by atoms with E-state index in [1.807, 2.05) is 29.7 Å². The second-order valence-electron chi connectivity index (χ2n) is 4.99. The van der Waals surface area contributed by atoms with E-state index in [2.05, 4.69) is 12.2 Å². The molecule has 0 fully saturated rings. The molecule has 0 saturated carbocycles. The Labute approximate surface area is 124 Å². The number of hydrogen-bond donors (Lipinski definition) is 2. The van der Waals surface area contributed by atoms with Crippen molar-refractivity contribution < 1.29 is 9.53 Å². The van der Waals surface area contributed by atoms with Gasteiger partial charge >= 0.3 is 0 Å². The van der Waals surface area contributed by atoms with Gasteiger partial charge < -0.3 is 20.4 Å². The molecule has 0 aliphatic rings. The first-order valence-corrected chi connectivity index (χ1v) is 6.96. The number of hydrogen-bond acceptors (Lipinski definition) is 3. The van der Waals surface area contributed by atoms with Crippen LogP contribution in [0.15, 0.2) is 30.5 Å². The molecule has 1 aromatic heterocycles. The molecule has 5 heteroatoms. The maximum atomic E-state index is 12.4. The topological polar surface area (TPSA) is 69.3 Å². The van der Waals surface area contributed by atoms with E-state index in [-0.39, 0.29) is 5.91 Å². The van der Waals surface area contributed by atoms with Gasteiger partial charge in [0.1, 0.15) is 11.4 Å². The summed E-state index contributed by atoms with van der Waals surface area (Å²) in [6, 6.07) is 7.24. The van der Waals surface area contributed by atoms with Crippen molar-refractivity contribution in [3.63, 3.8) is 0 Å². The van der Waals surface area contributed by atoms with Crippen LogP contribution in [0, 0.1) is 6.92 Å². The fraction of sp³-hybridized carbons (Fsp3) is 0.312. The van der Waals surface area contributed by atoms with E-state index < -0.39 is 0 Å². The maximum absolute atomic E-state index is 12.4. The van der Waals surface area contributed by atoms with Crippen LogP contribution in [0.2, 0.25) is 0 Å². The van der Waals surface area contributed by atoms with Gasteiger partial charge in [-0.05, 0) is 43.2 Å². The van der Waals surface area contributed by atoms with Crippen molar-refractivity contribution in [2.24, 2.45) is 0 Å². The lowest BCUT2D eigenvalue weighted by Gasteiger charge is -2.11. The van der Waals surface area contributed by atoms with Crippen molar-refractivity contribution in [2.45, 2.75) is 26.8 Å². The van der Waals surface area contributed by atoms with E-state index in [0.29, 0.717) is 11.4 Å². The molecule has 1 aromatic carbocycles. The highest BCUT2D eigenvalue weighted by Gasteiger charge is 2.13. The Morgan fingerprint density at radius 3 is 2.76 bits per heavy atom. The number of aromatic nitrogens is 1. The molecule has 3 N–H and O–H groups in total. The number of carbonyl (C=O) groups is 1. The zero-order valence-corrected chi connectivity index (χ0v) is 12.6. The molecule has 21 heavy (non-hydrogen) atoms. The fourth-order valence-electron chi connectivity index (χ4n) is 2.24. The van der Waals surface area contributed by atoms with Crippen LogP contribution in [0.1, 0.15) is 29.4 Å². The van der Waals surface area contributed by atoms with Crippen LogP contribution < -0.4 is 15.8 Å². The van der Waals surface area contributed by atoms with E-state index in [4.69, 9.17) is 10.5 Å². The maximum Gasteiger partial charge on any atom is 0.272 e. The molecule has 0 unspecified atom stereocenters. The Hall–Kier alpha value is -2.43. The molecular formula is C16H21N3O2. The number of aryl methyl sites for hydroxylation is 2. The lowest BCUT2D eigenvalue weighted by atomic mass is 10.2. The molecule has 112 valence electrons. The third-order valence-corrected chi connectivity index (χ3v) is 3.30. The second-order valence-corrected chi connectivity index (χ2v) is 4.99. The Morgan fingerprint density at radius 1 is 1.38 bits per heavy atom. The molecule has 1 amide bonds. The summed E-state index contributed by atoms with van der Waals surface area (Å²) in [5.74, 6) is 0.609. The van der Waals surface area contributed by atoms with Gasteiger partial charge in [0, 0.05) is 18.4 Å². The number of benzene rings is 1. The van der Waals surface area contributed by atoms with Gasteiger partial charge in [-0.1, -0.05) is 6.92 Å². The minimum Gasteiger partial charge on any atom is -0.497 e. The van der Waals surface area contributed by atoms with Gasteiger partial charge in [-0.25, -0.2) is 0 Å². The number of nitrogen functional groups attached to an aromatic ring is 1. The van der Waals surface area contributed by atoms with Gasteiger partial charge in [0.05, 0.1) is 12.8 Å². The summed E-state index contributed by atoms with van der Waals surface area (Å²) in [6.45, 7) is 4.75. The van der Waals surface area contributed by atoms with Gasteiger partial charge in [-0.3, -0.25) is 4.79 Å². The fourth-order valence-corrected chi connectivity index (χ4v) is 2.24. The summed E-state index contributed by atoms with van der Waals surface area (Å²) in [5, 5.41) is 2.92. The SMILES string of the molecule is CCCn1cc(N)cc1C(=O)Nc1ccc(OC)cc1C. The minimum absolute atomic E-state index is 0.159. The number of nitrogens with one attached hydrogen (secondary N) is 1. The van der Waals surface area contributed by atoms with Crippen molar-refractivity contribution in [3.05, 3.63) is 41.7 Å². The first-order chi connectivity index (χ1) is 10.0. The largest absolute Gasteiger partial charge is 0.497 e. The number of amides is 1. The van der Waals surface area contributed by atoms with Crippen LogP contribution in [0.4, 0.5) is 11.4 Å². The first-order valence-electron chi connectivity index (χ1n) is 6.96. The van der Waals surface area contributed by atoms with Crippen molar-refractivity contribution in [1.82, 2.24) is 4.57 Å². The molecule has 0 spiro atoms. The zero-order valence-electron chi connectivity index (χ0n) is 12.6. The van der Waals surface area contributed by atoms with E-state index in [9.17, 15) is 4.79 Å². The molecule has 0 saturated heterocycles. The van der Waals surface area contributed by atoms with Gasteiger partial charge in [0.25, 0.3) is 5.91 Å². The monoisotopic (exact) mass is 287 g/mol. The van der Waals surface area contributed by atoms with Gasteiger partial charge in [0.2, 0.25) is 0 Å². The number of ether oxygens (including phenoxy) is 1. The summed E-state index contributed by atoms with van der Waals surface area (Å²) in [7, 11) is 1.62. The van der Waals surface area contributed by atoms with Crippen LogP contribution in [0.5, 0.6) is 5.75 Å². The number of nitrogens with two attached hydrogens (primary N) is 1. The predicted octanol–water partition coefficient (Wildman–Crippen LogP) is 3.05. The number of nitrogens with zero attached hydrogens (tertiary/aromatic N) is 1. The molecule has 0 atom stereocenters. The number of methoxy groups -OCH3 is 1. The smallest absolute Gasteiger partial charge is 0.272 e. The molecule has 5 nitrogen and oxygen atoms in total. The third-order valence-electron chi connectivity index (χ3n) is 3.30. The number of anilines is 2. The minimum atomic E-state index is -0.159. The van der Waals surface area contributed by atoms with Gasteiger partial charge in [-0.2, -0.15) is 0 Å². The van der Waals surface area contributed by atoms with Crippen LogP contribution in [0.25, 0.3) is 0 Å². The van der Waals surface area contributed by atoms with E-state index >= 15 is 0 Å². The summed E-state index contributed by atoms with van der Waals surface area (Å²) >= 11 is 0. The van der Waals surface area contributed by atoms with Crippen molar-refractivity contribution in [3.8, 4) is 5.75 Å². The van der Waals surface area contributed by atoms with Crippen molar-refractivity contribution in [2.75, 3.05) is 18.2 Å². The lowest BCUT2D eigenvalue weighted by Crippen LogP contribution is -2.17. The zero-order chi connectivity index (χ0) is 15.4. The molecule has 2 rings (SSSR count). The van der Waals surface area contributed by atoms with Crippen LogP contribution in [-0.4, -0.2) is 17.6 Å². The van der Waals surface area contributed by atoms with E-state index in [1.165, 1.54) is 0 Å². The van der Waals surface area contributed by atoms with Gasteiger partial charge in [0.15, 0.2) is 0 Å². The molecule has 0 aliphatic heterocycles. The lowest BCUT2D eigenvalue weighted by molar-refractivity contribution is 0.101. The number of carbonyl (C=O) groups excluding carboxylic acids is 1. The highest BCUT2D eigenvalue weighted by Crippen LogP contribution is 2.22.